The molecule has 142 valence electrons. The van der Waals surface area contributed by atoms with Crippen molar-refractivity contribution in [3.8, 4) is 0 Å². The highest BCUT2D eigenvalue weighted by atomic mass is 16.6. The van der Waals surface area contributed by atoms with Crippen molar-refractivity contribution >= 4 is 27.8 Å². The van der Waals surface area contributed by atoms with Gasteiger partial charge in [-0.1, -0.05) is 29.4 Å². The van der Waals surface area contributed by atoms with E-state index in [1.165, 1.54) is 18.2 Å². The lowest BCUT2D eigenvalue weighted by molar-refractivity contribution is -0.136. The number of aromatic nitrogens is 1. The maximum atomic E-state index is 11.4. The van der Waals surface area contributed by atoms with Crippen LogP contribution in [0.1, 0.15) is 23.1 Å². The van der Waals surface area contributed by atoms with Crippen LogP contribution in [-0.4, -0.2) is 29.3 Å². The first-order valence-electron chi connectivity index (χ1n) is 9.03. The first-order chi connectivity index (χ1) is 13.0. The summed E-state index contributed by atoms with van der Waals surface area (Å²) in [6, 6.07) is 9.84. The number of hydrogen-bond acceptors (Lipinski definition) is 4. The van der Waals surface area contributed by atoms with Crippen molar-refractivity contribution in [3.05, 3.63) is 52.4 Å². The highest BCUT2D eigenvalue weighted by Crippen LogP contribution is 2.26. The van der Waals surface area contributed by atoms with Crippen LogP contribution in [0.15, 0.2) is 35.5 Å². The number of pyridine rings is 1. The fourth-order valence-corrected chi connectivity index (χ4v) is 3.66. The molecule has 0 aliphatic heterocycles. The standard InChI is InChI=1S/C21H25N3O3/c1-13-8-9-16-20(23-27-3)19-15(12-18(25)26)6-4-7-17(19)24(11-5-10-22)21(16)14(13)2/h4,6-9H,5,10-12,22H2,1-3H3,(H,25,26)/b23-20+. The van der Waals surface area contributed by atoms with Crippen molar-refractivity contribution in [3.63, 3.8) is 0 Å². The molecule has 0 saturated carbocycles. The van der Waals surface area contributed by atoms with E-state index in [1.807, 2.05) is 24.3 Å². The summed E-state index contributed by atoms with van der Waals surface area (Å²) in [6.07, 6.45) is 0.753. The summed E-state index contributed by atoms with van der Waals surface area (Å²) < 4.78 is 2.24. The Bertz CT molecular complexity index is 1080. The van der Waals surface area contributed by atoms with E-state index in [9.17, 15) is 9.90 Å². The predicted octanol–water partition coefficient (Wildman–Crippen LogP) is 2.85. The number of carboxylic acids is 1. The molecule has 3 rings (SSSR count). The Morgan fingerprint density at radius 1 is 1.26 bits per heavy atom. The Morgan fingerprint density at radius 3 is 2.70 bits per heavy atom. The van der Waals surface area contributed by atoms with E-state index in [0.717, 1.165) is 40.3 Å². The third-order valence-electron chi connectivity index (χ3n) is 4.99. The third-order valence-corrected chi connectivity index (χ3v) is 4.99. The zero-order chi connectivity index (χ0) is 19.6. The molecular formula is C21H25N3O3. The second-order valence-corrected chi connectivity index (χ2v) is 6.70. The smallest absolute Gasteiger partial charge is 0.307 e. The van der Waals surface area contributed by atoms with Gasteiger partial charge in [0, 0.05) is 17.3 Å². The van der Waals surface area contributed by atoms with Crippen LogP contribution in [0.4, 0.5) is 0 Å². The molecule has 0 spiro atoms. The molecule has 3 N–H and O–H groups in total. The van der Waals surface area contributed by atoms with Crippen LogP contribution in [-0.2, 0) is 22.6 Å². The summed E-state index contributed by atoms with van der Waals surface area (Å²) in [6.45, 7) is 5.51. The number of nitrogens with two attached hydrogens (primary N) is 1. The van der Waals surface area contributed by atoms with E-state index in [0.29, 0.717) is 11.9 Å². The number of nitrogens with zero attached hydrogens (tertiary/aromatic N) is 2. The van der Waals surface area contributed by atoms with E-state index in [4.69, 9.17) is 10.6 Å². The minimum absolute atomic E-state index is 0.0726. The number of carbonyl (C=O) groups is 1. The molecule has 0 fully saturated rings. The van der Waals surface area contributed by atoms with Gasteiger partial charge in [0.25, 0.3) is 0 Å². The summed E-state index contributed by atoms with van der Waals surface area (Å²) in [5.41, 5.74) is 10.9. The van der Waals surface area contributed by atoms with Crippen molar-refractivity contribution in [1.29, 1.82) is 0 Å². The lowest BCUT2D eigenvalue weighted by Crippen LogP contribution is -2.18. The van der Waals surface area contributed by atoms with Crippen LogP contribution in [0.2, 0.25) is 0 Å². The number of aryl methyl sites for hydroxylation is 3. The van der Waals surface area contributed by atoms with E-state index < -0.39 is 5.97 Å². The third kappa shape index (κ3) is 3.40. The van der Waals surface area contributed by atoms with Crippen LogP contribution in [0, 0.1) is 13.8 Å². The van der Waals surface area contributed by atoms with Crippen molar-refractivity contribution < 1.29 is 14.7 Å². The zero-order valence-electron chi connectivity index (χ0n) is 16.0. The van der Waals surface area contributed by atoms with Crippen molar-refractivity contribution in [2.75, 3.05) is 13.7 Å². The molecule has 1 aromatic heterocycles. The number of benzene rings is 2. The fraction of sp³-hybridized carbons (Fsp3) is 0.333. The van der Waals surface area contributed by atoms with Gasteiger partial charge in [0.15, 0.2) is 0 Å². The molecular weight excluding hydrogens is 342 g/mol. The number of rotatable bonds is 6. The van der Waals surface area contributed by atoms with Crippen LogP contribution in [0.3, 0.4) is 0 Å². The molecule has 0 aliphatic carbocycles. The van der Waals surface area contributed by atoms with Crippen LogP contribution < -0.4 is 11.1 Å². The Balaban J connectivity index is 2.58. The Kier molecular flexibility index (Phi) is 5.46. The van der Waals surface area contributed by atoms with Gasteiger partial charge in [-0.2, -0.15) is 0 Å². The molecule has 0 unspecified atom stereocenters. The molecule has 27 heavy (non-hydrogen) atoms. The summed E-state index contributed by atoms with van der Waals surface area (Å²) in [5, 5.41) is 16.1. The van der Waals surface area contributed by atoms with Gasteiger partial charge in [0.1, 0.15) is 12.5 Å². The average molecular weight is 367 g/mol. The zero-order valence-corrected chi connectivity index (χ0v) is 16.0. The molecule has 6 heteroatoms. The fourth-order valence-electron chi connectivity index (χ4n) is 3.66. The van der Waals surface area contributed by atoms with E-state index in [1.54, 1.807) is 0 Å². The van der Waals surface area contributed by atoms with Crippen molar-refractivity contribution in [1.82, 2.24) is 4.57 Å². The monoisotopic (exact) mass is 367 g/mol. The Morgan fingerprint density at radius 2 is 2.04 bits per heavy atom. The number of carboxylic acid groups (broad SMARTS) is 1. The highest BCUT2D eigenvalue weighted by molar-refractivity contribution is 5.97. The summed E-state index contributed by atoms with van der Waals surface area (Å²) >= 11 is 0. The number of aliphatic carboxylic acids is 1. The molecule has 3 aromatic rings. The van der Waals surface area contributed by atoms with Gasteiger partial charge in [-0.05, 0) is 49.6 Å². The van der Waals surface area contributed by atoms with Crippen LogP contribution in [0.25, 0.3) is 21.8 Å². The maximum absolute atomic E-state index is 11.4. The average Bonchev–Trinajstić information content (AvgIpc) is 2.63. The maximum Gasteiger partial charge on any atom is 0.307 e. The summed E-state index contributed by atoms with van der Waals surface area (Å²) in [5.74, 6) is -0.875. The Labute approximate surface area is 157 Å². The molecule has 0 radical (unpaired) electrons. The first kappa shape index (κ1) is 18.9. The predicted molar refractivity (Wildman–Crippen MR) is 107 cm³/mol. The molecule has 2 aromatic carbocycles. The molecule has 1 heterocycles. The van der Waals surface area contributed by atoms with Gasteiger partial charge < -0.3 is 20.2 Å². The normalized spacial score (nSPS) is 12.1. The largest absolute Gasteiger partial charge is 0.481 e. The molecule has 0 aliphatic rings. The van der Waals surface area contributed by atoms with Crippen molar-refractivity contribution in [2.24, 2.45) is 10.9 Å². The molecule has 0 atom stereocenters. The van der Waals surface area contributed by atoms with Crippen LogP contribution in [0.5, 0.6) is 0 Å². The highest BCUT2D eigenvalue weighted by Gasteiger charge is 2.16. The summed E-state index contributed by atoms with van der Waals surface area (Å²) in [7, 11) is 1.51. The molecule has 0 amide bonds. The Hall–Kier alpha value is -2.86. The lowest BCUT2D eigenvalue weighted by atomic mass is 9.98. The SMILES string of the molecule is CO/N=c1\c2ccc(C)c(C)c2n(CCCN)c2cccc(CC(=O)O)c12. The molecule has 6 nitrogen and oxygen atoms in total. The topological polar surface area (TPSA) is 89.8 Å². The first-order valence-corrected chi connectivity index (χ1v) is 9.03. The van der Waals surface area contributed by atoms with Crippen LogP contribution >= 0.6 is 0 Å². The van der Waals surface area contributed by atoms with Gasteiger partial charge in [-0.3, -0.25) is 4.79 Å². The molecule has 0 saturated heterocycles. The minimum atomic E-state index is -0.875. The summed E-state index contributed by atoms with van der Waals surface area (Å²) in [4.78, 5) is 16.6. The van der Waals surface area contributed by atoms with Gasteiger partial charge >= 0.3 is 5.97 Å². The van der Waals surface area contributed by atoms with E-state index >= 15 is 0 Å². The molecule has 0 bridgehead atoms. The number of hydrogen-bond donors (Lipinski definition) is 2. The number of fused-ring (bicyclic) bond motifs is 2. The van der Waals surface area contributed by atoms with E-state index in [2.05, 4.69) is 29.6 Å². The van der Waals surface area contributed by atoms with Gasteiger partial charge in [0.05, 0.1) is 17.5 Å². The second kappa shape index (κ2) is 7.80. The van der Waals surface area contributed by atoms with Gasteiger partial charge in [0.2, 0.25) is 0 Å². The van der Waals surface area contributed by atoms with E-state index in [-0.39, 0.29) is 6.42 Å². The van der Waals surface area contributed by atoms with Gasteiger partial charge in [-0.15, -0.1) is 0 Å². The van der Waals surface area contributed by atoms with Crippen molar-refractivity contribution in [2.45, 2.75) is 33.2 Å². The quantitative estimate of drug-likeness (QED) is 0.518. The second-order valence-electron chi connectivity index (χ2n) is 6.70. The lowest BCUT2D eigenvalue weighted by Gasteiger charge is -2.20. The minimum Gasteiger partial charge on any atom is -0.481 e. The van der Waals surface area contributed by atoms with Gasteiger partial charge in [-0.25, -0.2) is 0 Å².